The Bertz CT molecular complexity index is 1210. The molecule has 0 unspecified atom stereocenters. The molecule has 0 saturated carbocycles. The Labute approximate surface area is 225 Å². The molecule has 4 aromatic carbocycles. The summed E-state index contributed by atoms with van der Waals surface area (Å²) in [6.45, 7) is 4.90. The lowest BCUT2D eigenvalue weighted by Gasteiger charge is -2.28. The molecule has 0 saturated heterocycles. The summed E-state index contributed by atoms with van der Waals surface area (Å²) in [4.78, 5) is 2.36. The normalized spacial score (nSPS) is 10.9. The minimum Gasteiger partial charge on any atom is -0.493 e. The molecule has 0 aliphatic carbocycles. The maximum absolute atomic E-state index is 6.10. The molecule has 0 heterocycles. The summed E-state index contributed by atoms with van der Waals surface area (Å²) in [5, 5.41) is 0. The SMILES string of the molecule is Cc1ccc(N(c2ccc(C)cc2)c2ccccc2CCCCOc2cc(CCl)ccc2CCl)cc1. The summed E-state index contributed by atoms with van der Waals surface area (Å²) in [5.41, 5.74) is 9.41. The van der Waals surface area contributed by atoms with Crippen LogP contribution in [0, 0.1) is 13.8 Å². The van der Waals surface area contributed by atoms with E-state index in [1.165, 1.54) is 22.4 Å². The molecule has 4 aromatic rings. The molecule has 0 aromatic heterocycles. The molecule has 0 radical (unpaired) electrons. The van der Waals surface area contributed by atoms with Crippen LogP contribution in [0.1, 0.15) is 40.7 Å². The van der Waals surface area contributed by atoms with Crippen LogP contribution in [0.4, 0.5) is 17.1 Å². The van der Waals surface area contributed by atoms with Crippen molar-refractivity contribution in [1.82, 2.24) is 0 Å². The second kappa shape index (κ2) is 12.9. The van der Waals surface area contributed by atoms with Gasteiger partial charge in [0.15, 0.2) is 0 Å². The molecule has 0 aliphatic heterocycles. The van der Waals surface area contributed by atoms with Gasteiger partial charge >= 0.3 is 0 Å². The number of hydrogen-bond acceptors (Lipinski definition) is 2. The van der Waals surface area contributed by atoms with E-state index in [-0.39, 0.29) is 0 Å². The molecular weight excluding hydrogens is 485 g/mol. The third-order valence-corrected chi connectivity index (χ3v) is 6.94. The quantitative estimate of drug-likeness (QED) is 0.145. The standard InChI is InChI=1S/C32H33Cl2NO/c1-24-10-16-29(17-11-24)35(30-18-12-25(2)13-19-30)31-9-4-3-7-27(31)8-5-6-20-36-32-21-26(22-33)14-15-28(32)23-34/h3-4,7,9-19,21H,5-6,8,20,22-23H2,1-2H3. The van der Waals surface area contributed by atoms with Gasteiger partial charge in [0.2, 0.25) is 0 Å². The van der Waals surface area contributed by atoms with E-state index in [2.05, 4.69) is 91.5 Å². The summed E-state index contributed by atoms with van der Waals surface area (Å²) in [5.74, 6) is 1.74. The molecule has 0 fully saturated rings. The Morgan fingerprint density at radius 2 is 1.31 bits per heavy atom. The van der Waals surface area contributed by atoms with Crippen LogP contribution in [0.2, 0.25) is 0 Å². The fourth-order valence-corrected chi connectivity index (χ4v) is 4.67. The fourth-order valence-electron chi connectivity index (χ4n) is 4.28. The van der Waals surface area contributed by atoms with E-state index in [0.717, 1.165) is 47.5 Å². The summed E-state index contributed by atoms with van der Waals surface area (Å²) in [7, 11) is 0. The lowest BCUT2D eigenvalue weighted by Crippen LogP contribution is -2.12. The molecule has 0 bridgehead atoms. The molecular formula is C32H33Cl2NO. The maximum atomic E-state index is 6.10. The predicted octanol–water partition coefficient (Wildman–Crippen LogP) is 9.65. The van der Waals surface area contributed by atoms with E-state index in [1.54, 1.807) is 0 Å². The average Bonchev–Trinajstić information content (AvgIpc) is 2.91. The Balaban J connectivity index is 1.49. The van der Waals surface area contributed by atoms with Gasteiger partial charge in [-0.3, -0.25) is 0 Å². The second-order valence-corrected chi connectivity index (χ2v) is 9.68. The van der Waals surface area contributed by atoms with Gasteiger partial charge in [-0.1, -0.05) is 65.7 Å². The molecule has 186 valence electrons. The van der Waals surface area contributed by atoms with Crippen LogP contribution >= 0.6 is 23.2 Å². The third-order valence-electron chi connectivity index (χ3n) is 6.34. The minimum absolute atomic E-state index is 0.430. The lowest BCUT2D eigenvalue weighted by molar-refractivity contribution is 0.304. The van der Waals surface area contributed by atoms with Crippen LogP contribution in [0.15, 0.2) is 91.0 Å². The molecule has 2 nitrogen and oxygen atoms in total. The van der Waals surface area contributed by atoms with Gasteiger partial charge in [-0.2, -0.15) is 0 Å². The Morgan fingerprint density at radius 1 is 0.667 bits per heavy atom. The first-order chi connectivity index (χ1) is 17.6. The fraction of sp³-hybridized carbons (Fsp3) is 0.250. The summed E-state index contributed by atoms with van der Waals surface area (Å²) < 4.78 is 6.09. The van der Waals surface area contributed by atoms with E-state index in [9.17, 15) is 0 Å². The Kier molecular flexibility index (Phi) is 9.33. The molecule has 4 heteroatoms. The zero-order valence-electron chi connectivity index (χ0n) is 21.0. The maximum Gasteiger partial charge on any atom is 0.124 e. The number of hydrogen-bond donors (Lipinski definition) is 0. The summed E-state index contributed by atoms with van der Waals surface area (Å²) >= 11 is 12.1. The number of nitrogens with zero attached hydrogens (tertiary/aromatic N) is 1. The van der Waals surface area contributed by atoms with E-state index in [0.29, 0.717) is 18.4 Å². The largest absolute Gasteiger partial charge is 0.493 e. The van der Waals surface area contributed by atoms with Crippen molar-refractivity contribution in [3.63, 3.8) is 0 Å². The average molecular weight is 519 g/mol. The lowest BCUT2D eigenvalue weighted by atomic mass is 10.0. The van der Waals surface area contributed by atoms with E-state index >= 15 is 0 Å². The van der Waals surface area contributed by atoms with Crippen LogP contribution in [-0.4, -0.2) is 6.61 Å². The number of anilines is 3. The van der Waals surface area contributed by atoms with Crippen molar-refractivity contribution in [3.05, 3.63) is 119 Å². The van der Waals surface area contributed by atoms with Gasteiger partial charge in [0.05, 0.1) is 12.5 Å². The van der Waals surface area contributed by atoms with Gasteiger partial charge in [0.1, 0.15) is 5.75 Å². The topological polar surface area (TPSA) is 12.5 Å². The van der Waals surface area contributed by atoms with Crippen molar-refractivity contribution in [2.45, 2.75) is 44.9 Å². The van der Waals surface area contributed by atoms with Crippen LogP contribution in [-0.2, 0) is 18.2 Å². The monoisotopic (exact) mass is 517 g/mol. The van der Waals surface area contributed by atoms with Crippen LogP contribution < -0.4 is 9.64 Å². The van der Waals surface area contributed by atoms with Crippen molar-refractivity contribution in [1.29, 1.82) is 0 Å². The number of halogens is 2. The van der Waals surface area contributed by atoms with Crippen molar-refractivity contribution in [2.24, 2.45) is 0 Å². The summed E-state index contributed by atoms with van der Waals surface area (Å²) in [6, 6.07) is 32.2. The first-order valence-corrected chi connectivity index (χ1v) is 13.5. The highest BCUT2D eigenvalue weighted by Gasteiger charge is 2.15. The number of ether oxygens (including phenoxy) is 1. The van der Waals surface area contributed by atoms with Gasteiger partial charge in [-0.15, -0.1) is 23.2 Å². The number of para-hydroxylation sites is 1. The van der Waals surface area contributed by atoms with E-state index < -0.39 is 0 Å². The zero-order chi connectivity index (χ0) is 25.3. The first-order valence-electron chi connectivity index (χ1n) is 12.5. The molecule has 4 rings (SSSR count). The Morgan fingerprint density at radius 3 is 1.92 bits per heavy atom. The zero-order valence-corrected chi connectivity index (χ0v) is 22.5. The third kappa shape index (κ3) is 6.63. The van der Waals surface area contributed by atoms with Crippen molar-refractivity contribution >= 4 is 40.3 Å². The Hall–Kier alpha value is -2.94. The number of alkyl halides is 2. The first kappa shape index (κ1) is 26.1. The molecule has 0 N–H and O–H groups in total. The second-order valence-electron chi connectivity index (χ2n) is 9.15. The number of aryl methyl sites for hydroxylation is 3. The van der Waals surface area contributed by atoms with Gasteiger partial charge < -0.3 is 9.64 Å². The molecule has 0 amide bonds. The minimum atomic E-state index is 0.430. The van der Waals surface area contributed by atoms with Gasteiger partial charge in [0.25, 0.3) is 0 Å². The smallest absolute Gasteiger partial charge is 0.124 e. The van der Waals surface area contributed by atoms with E-state index in [4.69, 9.17) is 27.9 Å². The van der Waals surface area contributed by atoms with Crippen molar-refractivity contribution < 1.29 is 4.74 Å². The van der Waals surface area contributed by atoms with E-state index in [1.807, 2.05) is 18.2 Å². The molecule has 0 atom stereocenters. The van der Waals surface area contributed by atoms with Crippen LogP contribution in [0.25, 0.3) is 0 Å². The molecule has 36 heavy (non-hydrogen) atoms. The van der Waals surface area contributed by atoms with Crippen LogP contribution in [0.3, 0.4) is 0 Å². The summed E-state index contributed by atoms with van der Waals surface area (Å²) in [6.07, 6.45) is 2.95. The number of unbranched alkanes of at least 4 members (excludes halogenated alkanes) is 1. The molecule has 0 aliphatic rings. The number of rotatable bonds is 11. The van der Waals surface area contributed by atoms with Crippen LogP contribution in [0.5, 0.6) is 5.75 Å². The van der Waals surface area contributed by atoms with Crippen molar-refractivity contribution in [3.8, 4) is 5.75 Å². The highest BCUT2D eigenvalue weighted by molar-refractivity contribution is 6.17. The number of benzene rings is 4. The highest BCUT2D eigenvalue weighted by atomic mass is 35.5. The van der Waals surface area contributed by atoms with Gasteiger partial charge in [-0.25, -0.2) is 0 Å². The molecule has 0 spiro atoms. The highest BCUT2D eigenvalue weighted by Crippen LogP contribution is 2.37. The van der Waals surface area contributed by atoms with Gasteiger partial charge in [0, 0.05) is 28.5 Å². The van der Waals surface area contributed by atoms with Crippen molar-refractivity contribution in [2.75, 3.05) is 11.5 Å². The van der Waals surface area contributed by atoms with Gasteiger partial charge in [-0.05, 0) is 80.6 Å². The predicted molar refractivity (Wildman–Crippen MR) is 155 cm³/mol.